The van der Waals surface area contributed by atoms with Crippen molar-refractivity contribution in [1.82, 2.24) is 20.2 Å². The maximum Gasteiger partial charge on any atom is 0.336 e. The molecule has 2 aromatic heterocycles. The molecule has 16 nitrogen and oxygen atoms in total. The van der Waals surface area contributed by atoms with Gasteiger partial charge in [0, 0.05) is 60.0 Å². The zero-order chi connectivity index (χ0) is 65.6. The van der Waals surface area contributed by atoms with Crippen molar-refractivity contribution in [3.8, 4) is 0 Å². The van der Waals surface area contributed by atoms with Crippen LogP contribution in [0.15, 0.2) is 170 Å². The lowest BCUT2D eigenvalue weighted by Gasteiger charge is -2.42. The summed E-state index contributed by atoms with van der Waals surface area (Å²) in [4.78, 5) is 85.6. The summed E-state index contributed by atoms with van der Waals surface area (Å²) >= 11 is 0. The van der Waals surface area contributed by atoms with Crippen LogP contribution in [0.3, 0.4) is 0 Å². The molecule has 9 rings (SSSR count). The van der Waals surface area contributed by atoms with Crippen LogP contribution in [0.5, 0.6) is 0 Å². The van der Waals surface area contributed by atoms with E-state index >= 15 is 0 Å². The second-order valence-electron chi connectivity index (χ2n) is 24.9. The molecule has 0 spiro atoms. The van der Waals surface area contributed by atoms with E-state index in [9.17, 15) is 39.0 Å². The SMILES string of the molecule is CC(C)[Si](OCc1ccc(C(CN2C(=O)c3ccccc3C2=O)C(=O)Nc2ccc3cnccc3c2)cc1)(C(C)C)C(C)C.CC(C)[Si](OCc1ccc(C(CNC(=O)c2ccccc2C(=O)O)C(=O)O)cc1)(C(C)C)C(C)C.Nc1ccc2cnccc2c1. The fourth-order valence-corrected chi connectivity index (χ4v) is 23.9. The summed E-state index contributed by atoms with van der Waals surface area (Å²) in [5, 5.41) is 28.8. The molecule has 0 aliphatic carbocycles. The third kappa shape index (κ3) is 16.0. The standard InChI is InChI=1S/C36H41N3O4Si.C27H37NO6Si.C9H8N2/c1-23(2)44(24(3)4,25(5)6)43-22-26-11-13-27(14-12-26)33(21-39-35(41)31-9-7-8-10-32(31)36(39)42)34(40)38-30-16-15-29-20-37-18-17-28(29)19-30;1-17(2)35(18(3)4,19(5)6)34-16-20-11-13-21(14-12-20)24(27(32)33)15-28-25(29)22-9-7-8-10-23(22)26(30)31;10-9-2-1-8-6-11-4-3-7(8)5-9/h7-20,23-25,33H,21-22H2,1-6H3,(H,38,40);7-14,17-19,24H,15-16H2,1-6H3,(H,28,29)(H,30,31)(H,32,33);1-6H,10H2. The van der Waals surface area contributed by atoms with E-state index in [4.69, 9.17) is 14.6 Å². The van der Waals surface area contributed by atoms with Crippen LogP contribution in [-0.2, 0) is 31.7 Å². The number of aliphatic carboxylic acids is 1. The minimum absolute atomic E-state index is 0.00950. The van der Waals surface area contributed by atoms with Crippen LogP contribution in [0.25, 0.3) is 21.5 Å². The van der Waals surface area contributed by atoms with E-state index in [1.165, 1.54) is 23.1 Å². The van der Waals surface area contributed by atoms with Crippen LogP contribution in [0.4, 0.5) is 11.4 Å². The Balaban J connectivity index is 0.000000222. The minimum Gasteiger partial charge on any atom is -0.481 e. The Kier molecular flexibility index (Phi) is 23.5. The number of rotatable bonds is 23. The van der Waals surface area contributed by atoms with Crippen molar-refractivity contribution >= 4 is 85.1 Å². The largest absolute Gasteiger partial charge is 0.481 e. The molecule has 8 aromatic rings. The van der Waals surface area contributed by atoms with Gasteiger partial charge in [0.2, 0.25) is 22.5 Å². The van der Waals surface area contributed by atoms with Gasteiger partial charge in [-0.2, -0.15) is 0 Å². The Labute approximate surface area is 530 Å². The zero-order valence-corrected chi connectivity index (χ0v) is 55.7. The normalized spacial score (nSPS) is 13.1. The van der Waals surface area contributed by atoms with Crippen molar-refractivity contribution in [3.05, 3.63) is 215 Å². The van der Waals surface area contributed by atoms with Gasteiger partial charge in [-0.25, -0.2) is 4.79 Å². The summed E-state index contributed by atoms with van der Waals surface area (Å²) in [5.74, 6) is -5.75. The number of aromatic nitrogens is 2. The first-order valence-corrected chi connectivity index (χ1v) is 35.1. The minimum atomic E-state index is -2.05. The number of imide groups is 1. The molecule has 90 heavy (non-hydrogen) atoms. The number of nitrogens with two attached hydrogens (primary N) is 1. The van der Waals surface area contributed by atoms with Gasteiger partial charge in [-0.3, -0.25) is 38.8 Å². The summed E-state index contributed by atoms with van der Waals surface area (Å²) in [6.45, 7) is 27.7. The highest BCUT2D eigenvalue weighted by molar-refractivity contribution is 6.78. The summed E-state index contributed by atoms with van der Waals surface area (Å²) in [6.07, 6.45) is 7.07. The monoisotopic (exact) mass is 1250 g/mol. The van der Waals surface area contributed by atoms with Gasteiger partial charge < -0.3 is 35.4 Å². The number of carboxylic acid groups (broad SMARTS) is 2. The number of fused-ring (bicyclic) bond motifs is 3. The lowest BCUT2D eigenvalue weighted by atomic mass is 9.96. The van der Waals surface area contributed by atoms with Gasteiger partial charge in [0.05, 0.1) is 47.3 Å². The average Bonchev–Trinajstić information content (AvgIpc) is 1.77. The number of hydrogen-bond donors (Lipinski definition) is 5. The van der Waals surface area contributed by atoms with Crippen molar-refractivity contribution in [2.45, 2.75) is 141 Å². The lowest BCUT2D eigenvalue weighted by Crippen LogP contribution is -2.47. The lowest BCUT2D eigenvalue weighted by molar-refractivity contribution is -0.138. The molecule has 2 atom stereocenters. The van der Waals surface area contributed by atoms with Gasteiger partial charge in [0.1, 0.15) is 0 Å². The summed E-state index contributed by atoms with van der Waals surface area (Å²) < 4.78 is 13.4. The van der Waals surface area contributed by atoms with E-state index in [0.29, 0.717) is 74.4 Å². The predicted octanol–water partition coefficient (Wildman–Crippen LogP) is 15.4. The third-order valence-electron chi connectivity index (χ3n) is 17.5. The van der Waals surface area contributed by atoms with Crippen molar-refractivity contribution < 1.29 is 47.8 Å². The number of amides is 4. The van der Waals surface area contributed by atoms with Crippen molar-refractivity contribution in [3.63, 3.8) is 0 Å². The Morgan fingerprint density at radius 1 is 0.522 bits per heavy atom. The molecule has 18 heteroatoms. The van der Waals surface area contributed by atoms with Crippen molar-refractivity contribution in [1.29, 1.82) is 0 Å². The summed E-state index contributed by atoms with van der Waals surface area (Å²) in [7, 11) is -4.06. The molecular formula is C72H86N6O10Si2. The molecule has 0 saturated carbocycles. The van der Waals surface area contributed by atoms with E-state index < -0.39 is 46.3 Å². The van der Waals surface area contributed by atoms with Crippen LogP contribution in [0.2, 0.25) is 33.2 Å². The molecule has 1 aliphatic rings. The van der Waals surface area contributed by atoms with Gasteiger partial charge in [0.15, 0.2) is 0 Å². The Morgan fingerprint density at radius 3 is 1.41 bits per heavy atom. The van der Waals surface area contributed by atoms with Gasteiger partial charge >= 0.3 is 11.9 Å². The van der Waals surface area contributed by atoms with Crippen molar-refractivity contribution in [2.75, 3.05) is 24.1 Å². The summed E-state index contributed by atoms with van der Waals surface area (Å²) in [6, 6.07) is 42.9. The van der Waals surface area contributed by atoms with Crippen LogP contribution in [0.1, 0.15) is 159 Å². The number of carbonyl (C=O) groups is 6. The fraction of sp³-hybridized carbons (Fsp3) is 0.333. The molecule has 2 unspecified atom stereocenters. The van der Waals surface area contributed by atoms with E-state index in [2.05, 4.69) is 104 Å². The predicted molar refractivity (Wildman–Crippen MR) is 362 cm³/mol. The topological polar surface area (TPSA) is 240 Å². The first-order valence-electron chi connectivity index (χ1n) is 30.8. The van der Waals surface area contributed by atoms with E-state index in [1.54, 1.807) is 61.1 Å². The Bertz CT molecular complexity index is 3740. The molecule has 1 aliphatic heterocycles. The van der Waals surface area contributed by atoms with Gasteiger partial charge in [0.25, 0.3) is 17.7 Å². The number of nitrogen functional groups attached to an aromatic ring is 1. The van der Waals surface area contributed by atoms with Crippen LogP contribution < -0.4 is 16.4 Å². The smallest absolute Gasteiger partial charge is 0.336 e. The van der Waals surface area contributed by atoms with E-state index in [0.717, 1.165) is 38.4 Å². The zero-order valence-electron chi connectivity index (χ0n) is 53.7. The third-order valence-corrected chi connectivity index (χ3v) is 29.6. The van der Waals surface area contributed by atoms with Gasteiger partial charge in [-0.15, -0.1) is 0 Å². The van der Waals surface area contributed by atoms with Crippen molar-refractivity contribution in [2.24, 2.45) is 0 Å². The van der Waals surface area contributed by atoms with Crippen LogP contribution >= 0.6 is 0 Å². The second-order valence-corrected chi connectivity index (χ2v) is 35.8. The first kappa shape index (κ1) is 68.8. The molecule has 3 heterocycles. The molecule has 4 amide bonds. The van der Waals surface area contributed by atoms with Gasteiger partial charge in [-0.1, -0.05) is 168 Å². The number of benzene rings is 6. The van der Waals surface area contributed by atoms with E-state index in [-0.39, 0.29) is 41.9 Å². The molecular weight excluding hydrogens is 1160 g/mol. The molecule has 6 aromatic carbocycles. The highest BCUT2D eigenvalue weighted by atomic mass is 28.4. The number of nitrogens with one attached hydrogen (secondary N) is 2. The Morgan fingerprint density at radius 2 is 0.956 bits per heavy atom. The van der Waals surface area contributed by atoms with Gasteiger partial charge in [-0.05, 0) is 127 Å². The van der Waals surface area contributed by atoms with E-state index in [1.807, 2.05) is 91.1 Å². The fourth-order valence-electron chi connectivity index (χ4n) is 13.0. The molecule has 0 fully saturated rings. The highest BCUT2D eigenvalue weighted by Crippen LogP contribution is 2.44. The number of hydrogen-bond acceptors (Lipinski definition) is 11. The summed E-state index contributed by atoms with van der Waals surface area (Å²) in [5.41, 5.74) is 13.7. The van der Waals surface area contributed by atoms with Crippen LogP contribution in [0, 0.1) is 0 Å². The maximum absolute atomic E-state index is 13.9. The second kappa shape index (κ2) is 30.7. The molecule has 472 valence electrons. The van der Waals surface area contributed by atoms with Crippen LogP contribution in [-0.4, -0.2) is 90.4 Å². The quantitative estimate of drug-likeness (QED) is 0.0228. The average molecular weight is 1250 g/mol. The number of anilines is 2. The molecule has 0 bridgehead atoms. The highest BCUT2D eigenvalue weighted by Gasteiger charge is 2.46. The first-order chi connectivity index (χ1) is 42.8. The number of pyridine rings is 2. The number of carbonyl (C=O) groups excluding carboxylic acids is 4. The molecule has 0 radical (unpaired) electrons. The molecule has 0 saturated heterocycles. The number of carboxylic acids is 2. The molecule has 6 N–H and O–H groups in total. The Hall–Kier alpha value is -8.69. The number of nitrogens with zero attached hydrogens (tertiary/aromatic N) is 3. The maximum atomic E-state index is 13.9. The number of aromatic carboxylic acids is 1.